The minimum absolute atomic E-state index is 0.00112. The molecule has 1 heterocycles. The molecule has 0 aliphatic carbocycles. The second kappa shape index (κ2) is 4.57. The van der Waals surface area contributed by atoms with Gasteiger partial charge in [-0.2, -0.15) is 0 Å². The lowest BCUT2D eigenvalue weighted by Gasteiger charge is -2.02. The number of aromatic nitrogens is 1. The number of rotatable bonds is 4. The smallest absolute Gasteiger partial charge is 0.161 e. The van der Waals surface area contributed by atoms with Crippen LogP contribution in [0.25, 0.3) is 0 Å². The van der Waals surface area contributed by atoms with E-state index in [9.17, 15) is 4.79 Å². The highest BCUT2D eigenvalue weighted by atomic mass is 16.3. The largest absolute Gasteiger partial charge is 0.395 e. The highest BCUT2D eigenvalue weighted by molar-refractivity contribution is 5.93. The van der Waals surface area contributed by atoms with E-state index in [-0.39, 0.29) is 12.4 Å². The molecule has 0 aliphatic heterocycles. The maximum Gasteiger partial charge on any atom is 0.161 e. The number of carbonyl (C=O) groups is 1. The number of carbonyl (C=O) groups excluding carboxylic acids is 1. The van der Waals surface area contributed by atoms with E-state index in [4.69, 9.17) is 5.11 Å². The van der Waals surface area contributed by atoms with Gasteiger partial charge in [-0.3, -0.25) is 4.79 Å². The maximum atomic E-state index is 10.9. The van der Waals surface area contributed by atoms with Gasteiger partial charge in [0.15, 0.2) is 5.78 Å². The first-order valence-electron chi connectivity index (χ1n) is 4.06. The van der Waals surface area contributed by atoms with Gasteiger partial charge in [0, 0.05) is 18.3 Å². The Bertz CT molecular complexity index is 282. The number of pyridine rings is 1. The Balaban J connectivity index is 2.64. The molecule has 0 unspecified atom stereocenters. The summed E-state index contributed by atoms with van der Waals surface area (Å²) in [7, 11) is 0. The number of aliphatic hydroxyl groups is 1. The van der Waals surface area contributed by atoms with Crippen molar-refractivity contribution in [1.82, 2.24) is 4.98 Å². The first-order valence-corrected chi connectivity index (χ1v) is 4.06. The molecule has 0 fully saturated rings. The zero-order valence-electron chi connectivity index (χ0n) is 7.45. The van der Waals surface area contributed by atoms with Gasteiger partial charge < -0.3 is 10.4 Å². The standard InChI is InChI=1S/C9H12N2O2/c1-7(13)8-2-3-9(11-6-8)10-4-5-12/h2-3,6,12H,4-5H2,1H3,(H,10,11). The van der Waals surface area contributed by atoms with E-state index >= 15 is 0 Å². The predicted molar refractivity (Wildman–Crippen MR) is 49.8 cm³/mol. The van der Waals surface area contributed by atoms with Crippen LogP contribution in [0.1, 0.15) is 17.3 Å². The highest BCUT2D eigenvalue weighted by Crippen LogP contribution is 2.04. The highest BCUT2D eigenvalue weighted by Gasteiger charge is 1.98. The lowest BCUT2D eigenvalue weighted by molar-refractivity contribution is 0.101. The zero-order chi connectivity index (χ0) is 9.68. The molecule has 0 bridgehead atoms. The number of nitrogens with zero attached hydrogens (tertiary/aromatic N) is 1. The SMILES string of the molecule is CC(=O)c1ccc(NCCO)nc1. The molecule has 2 N–H and O–H groups in total. The van der Waals surface area contributed by atoms with Crippen molar-refractivity contribution in [3.63, 3.8) is 0 Å². The van der Waals surface area contributed by atoms with E-state index in [0.29, 0.717) is 17.9 Å². The van der Waals surface area contributed by atoms with Crippen molar-refractivity contribution in [2.24, 2.45) is 0 Å². The van der Waals surface area contributed by atoms with Gasteiger partial charge in [-0.25, -0.2) is 4.98 Å². The quantitative estimate of drug-likeness (QED) is 0.669. The van der Waals surface area contributed by atoms with Crippen molar-refractivity contribution in [2.45, 2.75) is 6.92 Å². The summed E-state index contributed by atoms with van der Waals surface area (Å²) in [6.07, 6.45) is 1.52. The maximum absolute atomic E-state index is 10.9. The number of anilines is 1. The first-order chi connectivity index (χ1) is 6.24. The van der Waals surface area contributed by atoms with E-state index in [1.807, 2.05) is 0 Å². The molecule has 1 rings (SSSR count). The number of nitrogens with one attached hydrogen (secondary N) is 1. The molecule has 4 heteroatoms. The number of aliphatic hydroxyl groups excluding tert-OH is 1. The van der Waals surface area contributed by atoms with Crippen molar-refractivity contribution in [1.29, 1.82) is 0 Å². The summed E-state index contributed by atoms with van der Waals surface area (Å²) in [6, 6.07) is 3.42. The van der Waals surface area contributed by atoms with E-state index in [2.05, 4.69) is 10.3 Å². The fourth-order valence-electron chi connectivity index (χ4n) is 0.891. The first kappa shape index (κ1) is 9.67. The van der Waals surface area contributed by atoms with Gasteiger partial charge in [0.2, 0.25) is 0 Å². The molecule has 0 aliphatic rings. The van der Waals surface area contributed by atoms with Crippen LogP contribution < -0.4 is 5.32 Å². The van der Waals surface area contributed by atoms with Gasteiger partial charge in [0.05, 0.1) is 6.61 Å². The van der Waals surface area contributed by atoms with E-state index in [1.54, 1.807) is 12.1 Å². The average molecular weight is 180 g/mol. The summed E-state index contributed by atoms with van der Waals surface area (Å²) in [5.74, 6) is 0.667. The Morgan fingerprint density at radius 3 is 2.85 bits per heavy atom. The predicted octanol–water partition coefficient (Wildman–Crippen LogP) is 0.688. The molecule has 0 amide bonds. The van der Waals surface area contributed by atoms with Crippen LogP contribution in [-0.2, 0) is 0 Å². The Labute approximate surface area is 76.6 Å². The van der Waals surface area contributed by atoms with E-state index in [1.165, 1.54) is 13.1 Å². The molecule has 0 saturated heterocycles. The molecule has 1 aromatic heterocycles. The number of hydrogen-bond acceptors (Lipinski definition) is 4. The Morgan fingerprint density at radius 2 is 2.38 bits per heavy atom. The summed E-state index contributed by atoms with van der Waals surface area (Å²) >= 11 is 0. The lowest BCUT2D eigenvalue weighted by atomic mass is 10.2. The van der Waals surface area contributed by atoms with Gasteiger partial charge in [-0.05, 0) is 19.1 Å². The van der Waals surface area contributed by atoms with E-state index < -0.39 is 0 Å². The molecular weight excluding hydrogens is 168 g/mol. The van der Waals surface area contributed by atoms with Crippen molar-refractivity contribution in [3.05, 3.63) is 23.9 Å². The van der Waals surface area contributed by atoms with Crippen molar-refractivity contribution >= 4 is 11.6 Å². The molecule has 0 aromatic carbocycles. The fraction of sp³-hybridized carbons (Fsp3) is 0.333. The van der Waals surface area contributed by atoms with Crippen LogP contribution >= 0.6 is 0 Å². The average Bonchev–Trinajstić information content (AvgIpc) is 2.15. The second-order valence-corrected chi connectivity index (χ2v) is 2.64. The topological polar surface area (TPSA) is 62.2 Å². The molecule has 0 atom stereocenters. The third kappa shape index (κ3) is 2.83. The summed E-state index contributed by atoms with van der Waals surface area (Å²) in [6.45, 7) is 2.03. The molecular formula is C9H12N2O2. The van der Waals surface area contributed by atoms with Crippen molar-refractivity contribution in [2.75, 3.05) is 18.5 Å². The molecule has 0 saturated carbocycles. The molecule has 0 radical (unpaired) electrons. The van der Waals surface area contributed by atoms with Gasteiger partial charge in [0.25, 0.3) is 0 Å². The normalized spacial score (nSPS) is 9.69. The summed E-state index contributed by atoms with van der Waals surface area (Å²) in [5, 5.41) is 11.4. The minimum atomic E-state index is 0.00112. The van der Waals surface area contributed by atoms with Crippen LogP contribution in [0.15, 0.2) is 18.3 Å². The Morgan fingerprint density at radius 1 is 1.62 bits per heavy atom. The van der Waals surface area contributed by atoms with Gasteiger partial charge >= 0.3 is 0 Å². The molecule has 1 aromatic rings. The number of ketones is 1. The van der Waals surface area contributed by atoms with E-state index in [0.717, 1.165) is 0 Å². The number of Topliss-reactive ketones (excluding diaryl/α,β-unsaturated/α-hetero) is 1. The second-order valence-electron chi connectivity index (χ2n) is 2.64. The Kier molecular flexibility index (Phi) is 3.40. The third-order valence-electron chi connectivity index (χ3n) is 1.59. The van der Waals surface area contributed by atoms with Crippen LogP contribution in [0.5, 0.6) is 0 Å². The summed E-state index contributed by atoms with van der Waals surface area (Å²) < 4.78 is 0. The molecule has 70 valence electrons. The van der Waals surface area contributed by atoms with Crippen LogP contribution in [0.4, 0.5) is 5.82 Å². The molecule has 0 spiro atoms. The zero-order valence-corrected chi connectivity index (χ0v) is 7.45. The van der Waals surface area contributed by atoms with Crippen LogP contribution in [0.3, 0.4) is 0 Å². The van der Waals surface area contributed by atoms with Crippen LogP contribution in [0, 0.1) is 0 Å². The van der Waals surface area contributed by atoms with Crippen LogP contribution in [0.2, 0.25) is 0 Å². The van der Waals surface area contributed by atoms with Crippen molar-refractivity contribution < 1.29 is 9.90 Å². The van der Waals surface area contributed by atoms with Gasteiger partial charge in [-0.1, -0.05) is 0 Å². The summed E-state index contributed by atoms with van der Waals surface area (Å²) in [4.78, 5) is 14.9. The third-order valence-corrected chi connectivity index (χ3v) is 1.59. The lowest BCUT2D eigenvalue weighted by Crippen LogP contribution is -2.07. The van der Waals surface area contributed by atoms with Crippen LogP contribution in [-0.4, -0.2) is 29.0 Å². The van der Waals surface area contributed by atoms with Gasteiger partial charge in [-0.15, -0.1) is 0 Å². The monoisotopic (exact) mass is 180 g/mol. The van der Waals surface area contributed by atoms with Crippen molar-refractivity contribution in [3.8, 4) is 0 Å². The number of hydrogen-bond donors (Lipinski definition) is 2. The molecule has 13 heavy (non-hydrogen) atoms. The fourth-order valence-corrected chi connectivity index (χ4v) is 0.891. The van der Waals surface area contributed by atoms with Gasteiger partial charge in [0.1, 0.15) is 5.82 Å². The Hall–Kier alpha value is -1.42. The molecule has 4 nitrogen and oxygen atoms in total. The summed E-state index contributed by atoms with van der Waals surface area (Å²) in [5.41, 5.74) is 0.592. The minimum Gasteiger partial charge on any atom is -0.395 e.